The largest absolute Gasteiger partial charge is 0.458 e. The summed E-state index contributed by atoms with van der Waals surface area (Å²) >= 11 is 3.81. The Morgan fingerprint density at radius 2 is 1.95 bits per heavy atom. The number of ether oxygens (including phenoxy) is 1. The molecule has 2 aliphatic carbocycles. The number of benzene rings is 1. The molecule has 2 atom stereocenters. The number of aromatic nitrogens is 3. The molecule has 0 bridgehead atoms. The highest BCUT2D eigenvalue weighted by molar-refractivity contribution is 9.09. The average Bonchev–Trinajstić information content (AvgIpc) is 3.19. The Hall–Kier alpha value is -1.36. The first kappa shape index (κ1) is 13.3. The van der Waals surface area contributed by atoms with E-state index in [0.29, 0.717) is 16.3 Å². The molecule has 21 heavy (non-hydrogen) atoms. The molecule has 0 radical (unpaired) electrons. The van der Waals surface area contributed by atoms with Crippen LogP contribution in [0.1, 0.15) is 32.1 Å². The SMILES string of the molecule is BrC1CC(Oc2ncn(-c3ccccc3)n2)C12CCCC2. The monoisotopic (exact) mass is 347 g/mol. The fourth-order valence-electron chi connectivity index (χ4n) is 3.67. The Balaban J connectivity index is 1.50. The number of rotatable bonds is 3. The topological polar surface area (TPSA) is 39.9 Å². The van der Waals surface area contributed by atoms with E-state index < -0.39 is 0 Å². The van der Waals surface area contributed by atoms with Crippen molar-refractivity contribution in [1.82, 2.24) is 14.8 Å². The predicted octanol–water partition coefficient (Wildman–Crippen LogP) is 3.74. The van der Waals surface area contributed by atoms with Crippen LogP contribution < -0.4 is 4.74 Å². The lowest BCUT2D eigenvalue weighted by atomic mass is 9.65. The van der Waals surface area contributed by atoms with Crippen molar-refractivity contribution in [3.63, 3.8) is 0 Å². The average molecular weight is 348 g/mol. The smallest absolute Gasteiger partial charge is 0.336 e. The molecule has 2 aromatic rings. The van der Waals surface area contributed by atoms with Crippen molar-refractivity contribution in [3.05, 3.63) is 36.7 Å². The summed E-state index contributed by atoms with van der Waals surface area (Å²) < 4.78 is 7.85. The molecule has 5 heteroatoms. The number of halogens is 1. The minimum absolute atomic E-state index is 0.260. The van der Waals surface area contributed by atoms with Crippen LogP contribution in [0.4, 0.5) is 0 Å². The highest BCUT2D eigenvalue weighted by Crippen LogP contribution is 2.57. The van der Waals surface area contributed by atoms with Crippen LogP contribution in [-0.4, -0.2) is 25.7 Å². The highest BCUT2D eigenvalue weighted by Gasteiger charge is 2.56. The summed E-state index contributed by atoms with van der Waals surface area (Å²) in [5.41, 5.74) is 1.32. The van der Waals surface area contributed by atoms with Crippen LogP contribution in [0.3, 0.4) is 0 Å². The number of hydrogen-bond donors (Lipinski definition) is 0. The molecule has 2 fully saturated rings. The summed E-state index contributed by atoms with van der Waals surface area (Å²) in [5, 5.41) is 4.45. The second-order valence-electron chi connectivity index (χ2n) is 6.06. The molecule has 1 heterocycles. The summed E-state index contributed by atoms with van der Waals surface area (Å²) in [6, 6.07) is 10.5. The Morgan fingerprint density at radius 1 is 1.19 bits per heavy atom. The Morgan fingerprint density at radius 3 is 2.67 bits per heavy atom. The molecular formula is C16H18BrN3O. The van der Waals surface area contributed by atoms with Gasteiger partial charge in [0.05, 0.1) is 5.69 Å². The lowest BCUT2D eigenvalue weighted by Crippen LogP contribution is -2.55. The van der Waals surface area contributed by atoms with Crippen LogP contribution >= 0.6 is 15.9 Å². The van der Waals surface area contributed by atoms with Crippen LogP contribution in [0.5, 0.6) is 6.01 Å². The maximum Gasteiger partial charge on any atom is 0.336 e. The molecule has 2 aliphatic rings. The molecule has 2 saturated carbocycles. The van der Waals surface area contributed by atoms with Gasteiger partial charge >= 0.3 is 6.01 Å². The van der Waals surface area contributed by atoms with E-state index in [4.69, 9.17) is 4.74 Å². The maximum atomic E-state index is 6.09. The van der Waals surface area contributed by atoms with Crippen LogP contribution in [-0.2, 0) is 0 Å². The summed E-state index contributed by atoms with van der Waals surface area (Å²) in [4.78, 5) is 4.90. The normalized spacial score (nSPS) is 26.7. The maximum absolute atomic E-state index is 6.09. The van der Waals surface area contributed by atoms with E-state index in [1.165, 1.54) is 25.7 Å². The first-order chi connectivity index (χ1) is 10.3. The molecule has 110 valence electrons. The van der Waals surface area contributed by atoms with Gasteiger partial charge in [-0.05, 0) is 31.4 Å². The minimum atomic E-state index is 0.260. The zero-order valence-corrected chi connectivity index (χ0v) is 13.4. The van der Waals surface area contributed by atoms with Gasteiger partial charge in [-0.3, -0.25) is 0 Å². The van der Waals surface area contributed by atoms with E-state index in [9.17, 15) is 0 Å². The fourth-order valence-corrected chi connectivity index (χ4v) is 4.76. The van der Waals surface area contributed by atoms with E-state index in [2.05, 4.69) is 26.0 Å². The number of nitrogens with zero attached hydrogens (tertiary/aromatic N) is 3. The first-order valence-corrected chi connectivity index (χ1v) is 8.47. The summed E-state index contributed by atoms with van der Waals surface area (Å²) in [7, 11) is 0. The van der Waals surface area contributed by atoms with Crippen LogP contribution in [0.25, 0.3) is 5.69 Å². The summed E-state index contributed by atoms with van der Waals surface area (Å²) in [5.74, 6) is 0. The van der Waals surface area contributed by atoms with Crippen molar-refractivity contribution in [2.24, 2.45) is 5.41 Å². The van der Waals surface area contributed by atoms with Gasteiger partial charge in [0.15, 0.2) is 0 Å². The van der Waals surface area contributed by atoms with Gasteiger partial charge in [0.25, 0.3) is 0 Å². The molecular weight excluding hydrogens is 330 g/mol. The van der Waals surface area contributed by atoms with Gasteiger partial charge in [-0.15, -0.1) is 5.10 Å². The van der Waals surface area contributed by atoms with Gasteiger partial charge in [-0.25, -0.2) is 4.68 Å². The molecule has 1 aromatic carbocycles. The molecule has 1 aromatic heterocycles. The molecule has 4 rings (SSSR count). The number of alkyl halides is 1. The van der Waals surface area contributed by atoms with E-state index in [-0.39, 0.29) is 6.10 Å². The van der Waals surface area contributed by atoms with Gasteiger partial charge in [0.1, 0.15) is 12.4 Å². The minimum Gasteiger partial charge on any atom is -0.458 e. The van der Waals surface area contributed by atoms with Gasteiger partial charge in [0, 0.05) is 10.2 Å². The van der Waals surface area contributed by atoms with Crippen molar-refractivity contribution in [2.45, 2.75) is 43.0 Å². The first-order valence-electron chi connectivity index (χ1n) is 7.56. The number of hydrogen-bond acceptors (Lipinski definition) is 3. The Labute approximate surface area is 132 Å². The van der Waals surface area contributed by atoms with E-state index in [1.807, 2.05) is 30.3 Å². The van der Waals surface area contributed by atoms with Crippen molar-refractivity contribution >= 4 is 15.9 Å². The van der Waals surface area contributed by atoms with Gasteiger partial charge in [-0.2, -0.15) is 4.98 Å². The molecule has 0 saturated heterocycles. The second kappa shape index (κ2) is 5.13. The molecule has 1 spiro atoms. The summed E-state index contributed by atoms with van der Waals surface area (Å²) in [6.45, 7) is 0. The van der Waals surface area contributed by atoms with Crippen molar-refractivity contribution in [2.75, 3.05) is 0 Å². The van der Waals surface area contributed by atoms with E-state index in [0.717, 1.165) is 12.1 Å². The predicted molar refractivity (Wildman–Crippen MR) is 84.0 cm³/mol. The molecule has 0 aliphatic heterocycles. The summed E-state index contributed by atoms with van der Waals surface area (Å²) in [6.07, 6.45) is 8.17. The Bertz CT molecular complexity index is 621. The third-order valence-corrected chi connectivity index (χ3v) is 6.25. The van der Waals surface area contributed by atoms with Crippen molar-refractivity contribution < 1.29 is 4.74 Å². The standard InChI is InChI=1S/C16H18BrN3O/c17-13-10-14(16(13)8-4-5-9-16)21-15-18-11-20(19-15)12-6-2-1-3-7-12/h1-3,6-7,11,13-14H,4-5,8-10H2. The molecule has 0 amide bonds. The van der Waals surface area contributed by atoms with Crippen LogP contribution in [0.2, 0.25) is 0 Å². The lowest BCUT2D eigenvalue weighted by molar-refractivity contribution is -0.0357. The van der Waals surface area contributed by atoms with Gasteiger partial charge < -0.3 is 4.74 Å². The van der Waals surface area contributed by atoms with E-state index in [1.54, 1.807) is 11.0 Å². The quantitative estimate of drug-likeness (QED) is 0.794. The van der Waals surface area contributed by atoms with E-state index >= 15 is 0 Å². The zero-order chi connectivity index (χ0) is 14.3. The van der Waals surface area contributed by atoms with Gasteiger partial charge in [-0.1, -0.05) is 47.0 Å². The molecule has 4 nitrogen and oxygen atoms in total. The third kappa shape index (κ3) is 2.18. The zero-order valence-electron chi connectivity index (χ0n) is 11.8. The third-order valence-electron chi connectivity index (χ3n) is 4.96. The van der Waals surface area contributed by atoms with Gasteiger partial charge in [0.2, 0.25) is 0 Å². The fraction of sp³-hybridized carbons (Fsp3) is 0.500. The number of para-hydroxylation sites is 1. The lowest BCUT2D eigenvalue weighted by Gasteiger charge is -2.50. The van der Waals surface area contributed by atoms with Crippen LogP contribution in [0, 0.1) is 5.41 Å². The highest BCUT2D eigenvalue weighted by atomic mass is 79.9. The van der Waals surface area contributed by atoms with Crippen molar-refractivity contribution in [1.29, 1.82) is 0 Å². The second-order valence-corrected chi connectivity index (χ2v) is 7.16. The Kier molecular flexibility index (Phi) is 3.25. The molecule has 0 N–H and O–H groups in total. The molecule has 2 unspecified atom stereocenters. The van der Waals surface area contributed by atoms with Crippen LogP contribution in [0.15, 0.2) is 36.7 Å². The van der Waals surface area contributed by atoms with Crippen molar-refractivity contribution in [3.8, 4) is 11.7 Å².